The van der Waals surface area contributed by atoms with Gasteiger partial charge < -0.3 is 117 Å². The van der Waals surface area contributed by atoms with Gasteiger partial charge in [-0.05, 0) is 187 Å². The summed E-state index contributed by atoms with van der Waals surface area (Å²) in [5.41, 5.74) is 0.466. The summed E-state index contributed by atoms with van der Waals surface area (Å²) in [6, 6.07) is 9.32. The molecule has 4 saturated heterocycles. The van der Waals surface area contributed by atoms with Crippen molar-refractivity contribution in [3.63, 3.8) is 0 Å². The standard InChI is InChI=1S/C98H160N14O23/c1-17-77-59(5)63(9)86(106-67(13)113)94(132-77)127-50-32-26-40-81(117)99-44-30-24-38-75(111-83(119)42-28-34-52-129-96-88(108-69(15)115)65(11)61(7)79(19-3)134-96)92(124)103-48-46-101-90(122)72-54-73(56-74(55-72)110-85(121)57-105-98(126)131-58-71-36-22-21-23-37-71)91(123)102-47-49-104-93(125)76(112-84(120)43-29-35-53-130-97-89(109-70(16)116)66(12)62(8)80(20-4)135-97)39-25-31-45-100-82(118)41-27-33-51-128-95-87(107-68(14)114)64(10)60(6)78(18-2)133-95/h21-23,36-37,54-56,59-66,75-80,86-89,94-97H,17-20,24-35,38-53,57-58H2,1-16H3,(H,99,117)(H,100,118)(H,101,122)(H,102,123)(H,103,124)(H,104,125)(H,105,126)(H,106,113)(H,107,114)(H,108,115)(H,109,116)(H,110,121)(H,111,119)(H,112,120)/t59?,60?,61?,62?,63?,64?,65?,66?,75-,76-,77?,78?,79?,80?,86?,87?,88?,89?,94?,95?,96?,97?/m0/s1. The van der Waals surface area contributed by atoms with Gasteiger partial charge in [-0.1, -0.05) is 113 Å². The lowest BCUT2D eigenvalue weighted by Crippen LogP contribution is -2.57. The van der Waals surface area contributed by atoms with Gasteiger partial charge >= 0.3 is 6.09 Å². The van der Waals surface area contributed by atoms with Gasteiger partial charge in [-0.15, -0.1) is 0 Å². The van der Waals surface area contributed by atoms with Gasteiger partial charge in [0.1, 0.15) is 25.2 Å². The van der Waals surface area contributed by atoms with Crippen LogP contribution in [0.3, 0.4) is 0 Å². The van der Waals surface area contributed by atoms with Gasteiger partial charge in [0.2, 0.25) is 65.0 Å². The van der Waals surface area contributed by atoms with Crippen LogP contribution in [0.15, 0.2) is 48.5 Å². The first kappa shape index (κ1) is 114. The maximum atomic E-state index is 14.2. The number of nitrogens with one attached hydrogen (secondary N) is 14. The number of ether oxygens (including phenoxy) is 9. The summed E-state index contributed by atoms with van der Waals surface area (Å²) in [6.45, 7) is 31.2. The van der Waals surface area contributed by atoms with Crippen molar-refractivity contribution < 1.29 is 110 Å². The van der Waals surface area contributed by atoms with Gasteiger partial charge in [0.25, 0.3) is 11.8 Å². The van der Waals surface area contributed by atoms with Gasteiger partial charge in [0.15, 0.2) is 25.2 Å². The Kier molecular flexibility index (Phi) is 52.2. The summed E-state index contributed by atoms with van der Waals surface area (Å²) in [5, 5.41) is 39.7. The minimum absolute atomic E-state index is 0.0200. The maximum Gasteiger partial charge on any atom is 0.407 e. The molecule has 0 radical (unpaired) electrons. The first-order chi connectivity index (χ1) is 64.6. The van der Waals surface area contributed by atoms with Gasteiger partial charge in [-0.25, -0.2) is 4.79 Å². The van der Waals surface area contributed by atoms with Gasteiger partial charge in [-0.2, -0.15) is 0 Å². The Morgan fingerprint density at radius 2 is 0.659 bits per heavy atom. The van der Waals surface area contributed by atoms with Crippen LogP contribution in [0.4, 0.5) is 10.5 Å². The van der Waals surface area contributed by atoms with Gasteiger partial charge in [0.05, 0.1) is 48.6 Å². The van der Waals surface area contributed by atoms with Crippen molar-refractivity contribution >= 4 is 88.6 Å². The normalized spacial score (nSPS) is 25.2. The van der Waals surface area contributed by atoms with E-state index in [-0.39, 0.29) is 233 Å². The number of benzene rings is 2. The Morgan fingerprint density at radius 3 is 0.978 bits per heavy atom. The topological polar surface area (TPSA) is 490 Å². The Morgan fingerprint density at radius 1 is 0.341 bits per heavy atom. The molecule has 4 fully saturated rings. The molecule has 37 nitrogen and oxygen atoms in total. The summed E-state index contributed by atoms with van der Waals surface area (Å²) >= 11 is 0. The molecule has 14 N–H and O–H groups in total. The molecule has 135 heavy (non-hydrogen) atoms. The number of rotatable bonds is 59. The fourth-order valence-electron chi connectivity index (χ4n) is 17.6. The predicted octanol–water partition coefficient (Wildman–Crippen LogP) is 8.18. The molecular formula is C98H160N14O23. The molecule has 2 aromatic carbocycles. The van der Waals surface area contributed by atoms with Crippen molar-refractivity contribution in [3.05, 3.63) is 65.2 Å². The van der Waals surface area contributed by atoms with Gasteiger partial charge in [-0.3, -0.25) is 62.3 Å². The number of carbonyl (C=O) groups excluding carboxylic acids is 14. The Labute approximate surface area is 798 Å². The smallest absolute Gasteiger partial charge is 0.407 e. The van der Waals surface area contributed by atoms with E-state index >= 15 is 0 Å². The van der Waals surface area contributed by atoms with Crippen molar-refractivity contribution in [1.82, 2.24) is 69.1 Å². The second-order valence-electron chi connectivity index (χ2n) is 36.7. The van der Waals surface area contributed by atoms with Crippen LogP contribution >= 0.6 is 0 Å². The molecule has 0 aliphatic carbocycles. The third-order valence-electron chi connectivity index (χ3n) is 26.3. The number of unbranched alkanes of at least 4 members (excludes halogenated alkanes) is 6. The number of anilines is 1. The van der Waals surface area contributed by atoms with E-state index in [1.54, 1.807) is 30.3 Å². The highest BCUT2D eigenvalue weighted by molar-refractivity contribution is 6.03. The SMILES string of the molecule is CCC1OC(OCCCCC(=O)NCCCC[C@H](NC(=O)CCCCOC2OC(CC)C(C)C(C)C2NC(C)=O)C(=O)NCCNC(=O)c2cc(NC(=O)CNC(=O)OCc3ccccc3)cc(C(=O)NCCNC(=O)[C@H](CCCCNC(=O)CCCCOC3OC(CC)C(C)C(C)C3NC(C)=O)NC(=O)CCCCOC3OC(CC)C(C)C(C)C3NC(C)=O)c2)C(NC(C)=O)C(C)C1C. The third-order valence-corrected chi connectivity index (χ3v) is 26.3. The molecular weight excluding hydrogens is 1740 g/mol. The van der Waals surface area contributed by atoms with Crippen LogP contribution in [-0.2, 0) is 102 Å². The van der Waals surface area contributed by atoms with Crippen LogP contribution in [-0.4, -0.2) is 241 Å². The Hall–Kier alpha value is -9.50. The third kappa shape index (κ3) is 40.6. The highest BCUT2D eigenvalue weighted by atomic mass is 16.7. The quantitative estimate of drug-likeness (QED) is 0.0277. The molecule has 14 amide bonds. The van der Waals surface area contributed by atoms with E-state index in [4.69, 9.17) is 42.6 Å². The number of alkyl carbamates (subject to hydrolysis) is 1. The molecule has 4 aliphatic rings. The van der Waals surface area contributed by atoms with E-state index in [1.165, 1.54) is 45.9 Å². The number of hydrogen-bond acceptors (Lipinski definition) is 23. The first-order valence-corrected chi connectivity index (χ1v) is 49.4. The lowest BCUT2D eigenvalue weighted by Gasteiger charge is -2.44. The average Bonchev–Trinajstić information content (AvgIpc) is 0.817. The summed E-state index contributed by atoms with van der Waals surface area (Å²) in [7, 11) is 0. The molecule has 20 unspecified atom stereocenters. The summed E-state index contributed by atoms with van der Waals surface area (Å²) in [6.07, 6.45) is 6.03. The van der Waals surface area contributed by atoms with Crippen LogP contribution < -0.4 is 74.4 Å². The lowest BCUT2D eigenvalue weighted by molar-refractivity contribution is -0.236. The monoisotopic (exact) mass is 1900 g/mol. The summed E-state index contributed by atoms with van der Waals surface area (Å²) in [5.74, 6) is -4.05. The summed E-state index contributed by atoms with van der Waals surface area (Å²) in [4.78, 5) is 185. The van der Waals surface area contributed by atoms with E-state index in [0.717, 1.165) is 25.7 Å². The second-order valence-corrected chi connectivity index (χ2v) is 36.7. The molecule has 0 bridgehead atoms. The number of carbonyl (C=O) groups is 14. The van der Waals surface area contributed by atoms with Crippen LogP contribution in [0.25, 0.3) is 0 Å². The zero-order valence-corrected chi connectivity index (χ0v) is 82.8. The molecule has 22 atom stereocenters. The maximum absolute atomic E-state index is 14.2. The largest absolute Gasteiger partial charge is 0.445 e. The fourth-order valence-corrected chi connectivity index (χ4v) is 17.6. The van der Waals surface area contributed by atoms with Crippen molar-refractivity contribution in [1.29, 1.82) is 0 Å². The van der Waals surface area contributed by atoms with Crippen molar-refractivity contribution in [2.24, 2.45) is 47.3 Å². The number of amides is 14. The molecule has 6 rings (SSSR count). The minimum Gasteiger partial charge on any atom is -0.445 e. The molecule has 760 valence electrons. The van der Waals surface area contributed by atoms with E-state index in [9.17, 15) is 67.1 Å². The van der Waals surface area contributed by atoms with Crippen LogP contribution in [0, 0.1) is 47.3 Å². The van der Waals surface area contributed by atoms with Crippen LogP contribution in [0.1, 0.15) is 278 Å². The predicted molar refractivity (Wildman–Crippen MR) is 507 cm³/mol. The number of hydrogen-bond donors (Lipinski definition) is 14. The van der Waals surface area contributed by atoms with Crippen molar-refractivity contribution in [3.8, 4) is 0 Å². The molecule has 0 saturated carbocycles. The van der Waals surface area contributed by atoms with Crippen LogP contribution in [0.2, 0.25) is 0 Å². The lowest BCUT2D eigenvalue weighted by atomic mass is 9.81. The fraction of sp³-hybridized carbons (Fsp3) is 0.735. The zero-order valence-electron chi connectivity index (χ0n) is 82.8. The van der Waals surface area contributed by atoms with Crippen molar-refractivity contribution in [2.45, 2.75) is 344 Å². The Balaban J connectivity index is 1.07. The molecule has 37 heteroatoms. The van der Waals surface area contributed by atoms with Crippen LogP contribution in [0.5, 0.6) is 0 Å². The minimum atomic E-state index is -1.03. The first-order valence-electron chi connectivity index (χ1n) is 49.4. The summed E-state index contributed by atoms with van der Waals surface area (Å²) < 4.78 is 55.1. The highest BCUT2D eigenvalue weighted by Crippen LogP contribution is 2.37. The second kappa shape index (κ2) is 61.7. The molecule has 2 aromatic rings. The van der Waals surface area contributed by atoms with E-state index in [0.29, 0.717) is 109 Å². The zero-order chi connectivity index (χ0) is 99.1. The molecule has 4 heterocycles. The highest BCUT2D eigenvalue weighted by Gasteiger charge is 2.46. The average molecular weight is 1900 g/mol. The van der Waals surface area contributed by atoms with E-state index < -0.39 is 91.2 Å². The van der Waals surface area contributed by atoms with E-state index in [1.807, 2.05) is 13.8 Å². The molecule has 0 spiro atoms. The van der Waals surface area contributed by atoms with E-state index in [2.05, 4.69) is 144 Å². The molecule has 0 aromatic heterocycles. The van der Waals surface area contributed by atoms with Gasteiger partial charge in [0, 0.05) is 136 Å². The Bertz CT molecular complexity index is 3830. The van der Waals surface area contributed by atoms with Crippen molar-refractivity contribution in [2.75, 3.05) is 77.6 Å². The molecule has 4 aliphatic heterocycles.